The summed E-state index contributed by atoms with van der Waals surface area (Å²) in [6, 6.07) is 21.6. The molecule has 0 spiro atoms. The van der Waals surface area contributed by atoms with Crippen molar-refractivity contribution in [2.75, 3.05) is 0 Å². The van der Waals surface area contributed by atoms with Crippen LogP contribution in [-0.4, -0.2) is 9.91 Å². The molecule has 1 aromatic heterocycles. The summed E-state index contributed by atoms with van der Waals surface area (Å²) in [5.41, 5.74) is 1.88. The molecule has 0 atom stereocenters. The molecule has 3 aromatic carbocycles. The molecular weight excluding hydrogens is 336 g/mol. The van der Waals surface area contributed by atoms with Gasteiger partial charge in [0.25, 0.3) is 5.69 Å². The van der Waals surface area contributed by atoms with Crippen LogP contribution in [-0.2, 0) is 0 Å². The second-order valence-corrected chi connectivity index (χ2v) is 6.37. The van der Waals surface area contributed by atoms with E-state index in [-0.39, 0.29) is 5.69 Å². The van der Waals surface area contributed by atoms with Gasteiger partial charge in [-0.15, -0.1) is 11.3 Å². The Morgan fingerprint density at radius 2 is 1.64 bits per heavy atom. The third kappa shape index (κ3) is 3.07. The monoisotopic (exact) mass is 348 g/mol. The molecule has 0 bridgehead atoms. The van der Waals surface area contributed by atoms with Crippen molar-refractivity contribution in [1.29, 1.82) is 0 Å². The maximum absolute atomic E-state index is 10.8. The molecule has 0 amide bonds. The van der Waals surface area contributed by atoms with Crippen LogP contribution in [0, 0.1) is 10.1 Å². The van der Waals surface area contributed by atoms with Crippen LogP contribution >= 0.6 is 11.3 Å². The zero-order chi connectivity index (χ0) is 17.2. The third-order valence-corrected chi connectivity index (χ3v) is 4.76. The fraction of sp³-hybridized carbons (Fsp3) is 0. The van der Waals surface area contributed by atoms with Crippen molar-refractivity contribution in [1.82, 2.24) is 4.98 Å². The molecule has 0 unspecified atom stereocenters. The zero-order valence-corrected chi connectivity index (χ0v) is 13.8. The zero-order valence-electron chi connectivity index (χ0n) is 13.0. The summed E-state index contributed by atoms with van der Waals surface area (Å²) < 4.78 is 7.05. The van der Waals surface area contributed by atoms with Gasteiger partial charge in [-0.3, -0.25) is 10.1 Å². The number of aromatic nitrogens is 1. The number of hydrogen-bond donors (Lipinski definition) is 0. The first kappa shape index (κ1) is 15.3. The van der Waals surface area contributed by atoms with E-state index in [1.165, 1.54) is 12.1 Å². The fourth-order valence-electron chi connectivity index (χ4n) is 2.48. The Morgan fingerprint density at radius 3 is 2.40 bits per heavy atom. The van der Waals surface area contributed by atoms with Crippen LogP contribution in [0.5, 0.6) is 11.5 Å². The summed E-state index contributed by atoms with van der Waals surface area (Å²) >= 11 is 1.60. The highest BCUT2D eigenvalue weighted by atomic mass is 32.1. The number of thiazole rings is 1. The van der Waals surface area contributed by atoms with Gasteiger partial charge in [0.2, 0.25) is 0 Å². The number of non-ortho nitro benzene ring substituents is 1. The molecule has 1 heterocycles. The van der Waals surface area contributed by atoms with Crippen LogP contribution in [0.4, 0.5) is 5.69 Å². The Balaban J connectivity index is 1.70. The average Bonchev–Trinajstić information content (AvgIpc) is 3.06. The van der Waals surface area contributed by atoms with Gasteiger partial charge < -0.3 is 4.74 Å². The molecule has 5 nitrogen and oxygen atoms in total. The molecule has 25 heavy (non-hydrogen) atoms. The van der Waals surface area contributed by atoms with Crippen molar-refractivity contribution in [3.8, 4) is 22.1 Å². The van der Waals surface area contributed by atoms with Gasteiger partial charge in [0.15, 0.2) is 0 Å². The molecule has 4 aromatic rings. The third-order valence-electron chi connectivity index (χ3n) is 3.69. The van der Waals surface area contributed by atoms with Gasteiger partial charge >= 0.3 is 0 Å². The van der Waals surface area contributed by atoms with Crippen molar-refractivity contribution in [3.63, 3.8) is 0 Å². The Bertz CT molecular complexity index is 1020. The van der Waals surface area contributed by atoms with Gasteiger partial charge in [0.1, 0.15) is 16.5 Å². The van der Waals surface area contributed by atoms with Gasteiger partial charge in [0, 0.05) is 12.1 Å². The van der Waals surface area contributed by atoms with E-state index in [2.05, 4.69) is 4.98 Å². The summed E-state index contributed by atoms with van der Waals surface area (Å²) in [5, 5.41) is 11.6. The Hall–Kier alpha value is -3.25. The first-order valence-electron chi connectivity index (χ1n) is 7.58. The number of nitro groups is 1. The maximum Gasteiger partial charge on any atom is 0.269 e. The first-order chi connectivity index (χ1) is 12.2. The van der Waals surface area contributed by atoms with Crippen molar-refractivity contribution in [2.24, 2.45) is 0 Å². The van der Waals surface area contributed by atoms with Crippen LogP contribution in [0.2, 0.25) is 0 Å². The lowest BCUT2D eigenvalue weighted by molar-refractivity contribution is -0.384. The normalized spacial score (nSPS) is 10.7. The molecule has 122 valence electrons. The van der Waals surface area contributed by atoms with Crippen molar-refractivity contribution in [3.05, 3.63) is 82.9 Å². The fourth-order valence-corrected chi connectivity index (χ4v) is 3.48. The lowest BCUT2D eigenvalue weighted by atomic mass is 10.2. The topological polar surface area (TPSA) is 65.3 Å². The number of hydrogen-bond acceptors (Lipinski definition) is 5. The van der Waals surface area contributed by atoms with E-state index in [1.807, 2.05) is 48.5 Å². The summed E-state index contributed by atoms with van der Waals surface area (Å²) in [6.45, 7) is 0. The Morgan fingerprint density at radius 1 is 0.920 bits per heavy atom. The van der Waals surface area contributed by atoms with E-state index in [0.29, 0.717) is 11.5 Å². The van der Waals surface area contributed by atoms with E-state index >= 15 is 0 Å². The van der Waals surface area contributed by atoms with Crippen LogP contribution in [0.1, 0.15) is 0 Å². The summed E-state index contributed by atoms with van der Waals surface area (Å²) in [4.78, 5) is 15.0. The van der Waals surface area contributed by atoms with Gasteiger partial charge in [-0.2, -0.15) is 0 Å². The number of nitro benzene ring substituents is 1. The number of benzene rings is 3. The molecule has 0 aliphatic heterocycles. The number of para-hydroxylation sites is 2. The number of ether oxygens (including phenoxy) is 1. The molecule has 6 heteroatoms. The van der Waals surface area contributed by atoms with Crippen LogP contribution in [0.15, 0.2) is 72.8 Å². The number of nitrogens with zero attached hydrogens (tertiary/aromatic N) is 2. The van der Waals surface area contributed by atoms with Gasteiger partial charge in [-0.1, -0.05) is 24.3 Å². The molecule has 0 aliphatic rings. The predicted molar refractivity (Wildman–Crippen MR) is 98.2 cm³/mol. The van der Waals surface area contributed by atoms with Gasteiger partial charge in [-0.05, 0) is 36.4 Å². The van der Waals surface area contributed by atoms with Crippen molar-refractivity contribution < 1.29 is 9.66 Å². The summed E-state index contributed by atoms with van der Waals surface area (Å²) in [6.07, 6.45) is 0. The molecule has 4 rings (SSSR count). The highest BCUT2D eigenvalue weighted by Gasteiger charge is 2.12. The highest BCUT2D eigenvalue weighted by molar-refractivity contribution is 7.21. The van der Waals surface area contributed by atoms with Crippen LogP contribution in [0.3, 0.4) is 0 Å². The minimum Gasteiger partial charge on any atom is -0.457 e. The first-order valence-corrected chi connectivity index (χ1v) is 8.40. The van der Waals surface area contributed by atoms with E-state index in [0.717, 1.165) is 20.8 Å². The van der Waals surface area contributed by atoms with Crippen molar-refractivity contribution >= 4 is 27.2 Å². The Kier molecular flexibility index (Phi) is 3.87. The second-order valence-electron chi connectivity index (χ2n) is 5.34. The Labute approximate surface area is 147 Å². The van der Waals surface area contributed by atoms with E-state index < -0.39 is 4.92 Å². The lowest BCUT2D eigenvalue weighted by Gasteiger charge is -2.09. The average molecular weight is 348 g/mol. The molecular formula is C19H12N2O3S. The van der Waals surface area contributed by atoms with Crippen LogP contribution < -0.4 is 4.74 Å². The van der Waals surface area contributed by atoms with E-state index in [4.69, 9.17) is 4.74 Å². The minimum atomic E-state index is -0.432. The van der Waals surface area contributed by atoms with Crippen molar-refractivity contribution in [2.45, 2.75) is 0 Å². The number of fused-ring (bicyclic) bond motifs is 1. The minimum absolute atomic E-state index is 0.0341. The predicted octanol–water partition coefficient (Wildman–Crippen LogP) is 5.66. The van der Waals surface area contributed by atoms with Crippen LogP contribution in [0.25, 0.3) is 20.8 Å². The quantitative estimate of drug-likeness (QED) is 0.352. The van der Waals surface area contributed by atoms with E-state index in [9.17, 15) is 10.1 Å². The highest BCUT2D eigenvalue weighted by Crippen LogP contribution is 2.37. The molecule has 0 fully saturated rings. The summed E-state index contributed by atoms with van der Waals surface area (Å²) in [5.74, 6) is 1.20. The largest absolute Gasteiger partial charge is 0.457 e. The smallest absolute Gasteiger partial charge is 0.269 e. The molecule has 0 radical (unpaired) electrons. The number of rotatable bonds is 4. The lowest BCUT2D eigenvalue weighted by Crippen LogP contribution is -1.90. The van der Waals surface area contributed by atoms with Gasteiger partial charge in [-0.25, -0.2) is 4.98 Å². The van der Waals surface area contributed by atoms with Gasteiger partial charge in [0.05, 0.1) is 20.7 Å². The standard InChI is InChI=1S/C19H12N2O3S/c22-21(23)13-9-11-14(12-10-13)24-17-7-3-1-5-15(17)19-20-16-6-2-4-8-18(16)25-19/h1-12H. The SMILES string of the molecule is O=[N+]([O-])c1ccc(Oc2ccccc2-c2nc3ccccc3s2)cc1. The second kappa shape index (κ2) is 6.33. The molecule has 0 saturated heterocycles. The summed E-state index contributed by atoms with van der Waals surface area (Å²) in [7, 11) is 0. The van der Waals surface area contributed by atoms with E-state index in [1.54, 1.807) is 23.5 Å². The molecule has 0 N–H and O–H groups in total. The maximum atomic E-state index is 10.8. The molecule has 0 saturated carbocycles. The molecule has 0 aliphatic carbocycles.